The van der Waals surface area contributed by atoms with E-state index in [9.17, 15) is 21.6 Å². The number of carbonyl (C=O) groups is 1. The third-order valence-corrected chi connectivity index (χ3v) is 13.4. The topological polar surface area (TPSA) is 120 Å². The molecule has 11 nitrogen and oxygen atoms in total. The Labute approximate surface area is 325 Å². The summed E-state index contributed by atoms with van der Waals surface area (Å²) in [5.41, 5.74) is 0.429. The maximum absolute atomic E-state index is 14.9. The van der Waals surface area contributed by atoms with Gasteiger partial charge in [-0.15, -0.1) is 0 Å². The molecular weight excluding hydrogens is 757 g/mol. The molecule has 2 amide bonds. The van der Waals surface area contributed by atoms with Crippen molar-refractivity contribution in [2.24, 2.45) is 10.9 Å². The van der Waals surface area contributed by atoms with E-state index < -0.39 is 25.4 Å². The maximum Gasteiger partial charge on any atom is 0.326 e. The predicted octanol–water partition coefficient (Wildman–Crippen LogP) is 6.42. The molecule has 2 aromatic carbocycles. The number of carbonyl (C=O) groups excluding carboxylic acids is 1. The molecule has 0 spiro atoms. The predicted molar refractivity (Wildman–Crippen MR) is 212 cm³/mol. The highest BCUT2D eigenvalue weighted by molar-refractivity contribution is 7.90. The Bertz CT molecular complexity index is 1920. The van der Waals surface area contributed by atoms with Gasteiger partial charge in [-0.05, 0) is 95.0 Å². The molecule has 1 atom stereocenters. The highest BCUT2D eigenvalue weighted by Crippen LogP contribution is 2.35. The van der Waals surface area contributed by atoms with Gasteiger partial charge in [0, 0.05) is 61.5 Å². The number of hydrogen-bond acceptors (Lipinski definition) is 8. The fourth-order valence-electron chi connectivity index (χ4n) is 6.83. The van der Waals surface area contributed by atoms with E-state index in [4.69, 9.17) is 32.9 Å². The van der Waals surface area contributed by atoms with E-state index in [1.807, 2.05) is 51.1 Å². The summed E-state index contributed by atoms with van der Waals surface area (Å²) in [4.78, 5) is 26.0. The molecule has 2 fully saturated rings. The lowest BCUT2D eigenvalue weighted by atomic mass is 9.83. The van der Waals surface area contributed by atoms with Gasteiger partial charge in [-0.1, -0.05) is 47.5 Å². The van der Waals surface area contributed by atoms with Crippen LogP contribution in [0, 0.1) is 5.92 Å². The summed E-state index contributed by atoms with van der Waals surface area (Å²) in [7, 11) is -6.90. The minimum absolute atomic E-state index is 0.0741. The number of ether oxygens (including phenoxy) is 1. The normalized spacial score (nSPS) is 19.4. The average Bonchev–Trinajstić information content (AvgIpc) is 3.67. The van der Waals surface area contributed by atoms with Gasteiger partial charge in [-0.2, -0.15) is 4.31 Å². The van der Waals surface area contributed by atoms with Crippen LogP contribution in [-0.4, -0.2) is 118 Å². The zero-order valence-corrected chi connectivity index (χ0v) is 34.2. The molecule has 3 aliphatic rings. The lowest BCUT2D eigenvalue weighted by Gasteiger charge is -2.39. The summed E-state index contributed by atoms with van der Waals surface area (Å²) in [6.07, 6.45) is 9.82. The quantitative estimate of drug-likeness (QED) is 0.169. The first kappa shape index (κ1) is 41.2. The largest absolute Gasteiger partial charge is 0.493 e. The Kier molecular flexibility index (Phi) is 13.8. The maximum atomic E-state index is 14.9. The summed E-state index contributed by atoms with van der Waals surface area (Å²) < 4.78 is 59.0. The summed E-state index contributed by atoms with van der Waals surface area (Å²) in [6.45, 7) is 9.80. The van der Waals surface area contributed by atoms with Gasteiger partial charge in [0.2, 0.25) is 10.0 Å². The molecule has 2 aliphatic heterocycles. The van der Waals surface area contributed by atoms with Crippen molar-refractivity contribution >= 4 is 54.9 Å². The second-order valence-corrected chi connectivity index (χ2v) is 19.5. The number of urea groups is 1. The van der Waals surface area contributed by atoms with Crippen LogP contribution in [0.15, 0.2) is 75.6 Å². The highest BCUT2D eigenvalue weighted by Gasteiger charge is 2.36. The van der Waals surface area contributed by atoms with Gasteiger partial charge in [-0.3, -0.25) is 14.8 Å². The van der Waals surface area contributed by atoms with Gasteiger partial charge in [0.05, 0.1) is 34.9 Å². The standard InChI is InChI=1S/C38H51Cl2N5O6S2/c1-5-51-35-18-17-33(53(49,50)44-20-6-7-21-44)27-34(35)36(41-38(2,3)30-11-15-32(40)16-12-30)45(28-29-9-13-31(39)14-10-29)37(46)43-24-22-42(23-25-43)19-8-26-52(4,47)48/h9-11,13-18,27,30H,5-8,12,19-26,28H2,1-4H3/b41-36-. The molecule has 290 valence electrons. The van der Waals surface area contributed by atoms with Gasteiger partial charge in [0.15, 0.2) is 0 Å². The number of sulfonamides is 1. The van der Waals surface area contributed by atoms with Crippen LogP contribution in [-0.2, 0) is 26.4 Å². The van der Waals surface area contributed by atoms with Crippen LogP contribution in [0.25, 0.3) is 0 Å². The van der Waals surface area contributed by atoms with Crippen molar-refractivity contribution in [1.82, 2.24) is 19.0 Å². The molecule has 1 aliphatic carbocycles. The van der Waals surface area contributed by atoms with E-state index in [0.717, 1.165) is 18.4 Å². The fourth-order valence-corrected chi connectivity index (χ4v) is 9.32. The van der Waals surface area contributed by atoms with Crippen molar-refractivity contribution in [2.45, 2.75) is 63.4 Å². The molecule has 2 aromatic rings. The second kappa shape index (κ2) is 17.7. The molecule has 0 saturated carbocycles. The van der Waals surface area contributed by atoms with Crippen LogP contribution >= 0.6 is 23.2 Å². The highest BCUT2D eigenvalue weighted by atomic mass is 35.5. The molecule has 53 heavy (non-hydrogen) atoms. The number of hydrogen-bond donors (Lipinski definition) is 0. The monoisotopic (exact) mass is 807 g/mol. The van der Waals surface area contributed by atoms with Crippen LogP contribution in [0.2, 0.25) is 5.02 Å². The Morgan fingerprint density at radius 2 is 1.66 bits per heavy atom. The molecule has 0 N–H and O–H groups in total. The van der Waals surface area contributed by atoms with Crippen LogP contribution in [0.1, 0.15) is 57.6 Å². The molecule has 0 bridgehead atoms. The van der Waals surface area contributed by atoms with Gasteiger partial charge in [0.1, 0.15) is 21.4 Å². The zero-order chi connectivity index (χ0) is 38.4. The van der Waals surface area contributed by atoms with Crippen molar-refractivity contribution < 1.29 is 26.4 Å². The summed E-state index contributed by atoms with van der Waals surface area (Å²) in [6, 6.07) is 11.8. The first-order chi connectivity index (χ1) is 25.1. The summed E-state index contributed by atoms with van der Waals surface area (Å²) >= 11 is 12.6. The number of piperazine rings is 1. The first-order valence-electron chi connectivity index (χ1n) is 18.2. The molecule has 15 heteroatoms. The minimum Gasteiger partial charge on any atom is -0.493 e. The van der Waals surface area contributed by atoms with Gasteiger partial charge >= 0.3 is 6.03 Å². The Morgan fingerprint density at radius 1 is 0.981 bits per heavy atom. The minimum atomic E-state index is -3.83. The number of amides is 2. The number of halogens is 2. The van der Waals surface area contributed by atoms with E-state index in [-0.39, 0.29) is 29.1 Å². The molecule has 5 rings (SSSR count). The second-order valence-electron chi connectivity index (χ2n) is 14.4. The van der Waals surface area contributed by atoms with Crippen molar-refractivity contribution in [3.05, 3.63) is 81.9 Å². The molecule has 1 unspecified atom stereocenters. The SMILES string of the molecule is CCOc1ccc(S(=O)(=O)N2CCCC2)cc1/C(=N/C(C)(C)C1C=CC(Cl)=CC1)N(Cc1ccc(Cl)cc1)C(=O)N1CCN(CCCS(C)(=O)=O)CC1. The number of aliphatic imine (C=N–C) groups is 1. The van der Waals surface area contributed by atoms with Crippen molar-refractivity contribution in [2.75, 3.05) is 64.4 Å². The van der Waals surface area contributed by atoms with Crippen LogP contribution in [0.4, 0.5) is 4.79 Å². The number of amidine groups is 1. The number of nitrogens with zero attached hydrogens (tertiary/aromatic N) is 5. The number of allylic oxidation sites excluding steroid dienone is 3. The van der Waals surface area contributed by atoms with Gasteiger partial charge in [-0.25, -0.2) is 21.6 Å². The molecule has 2 heterocycles. The molecular formula is C38H51Cl2N5O6S2. The Hall–Kier alpha value is -2.94. The Morgan fingerprint density at radius 3 is 2.26 bits per heavy atom. The number of rotatable bonds is 13. The lowest BCUT2D eigenvalue weighted by Crippen LogP contribution is -2.54. The van der Waals surface area contributed by atoms with Gasteiger partial charge < -0.3 is 9.64 Å². The van der Waals surface area contributed by atoms with Crippen LogP contribution < -0.4 is 4.74 Å². The van der Waals surface area contributed by atoms with Crippen molar-refractivity contribution in [3.63, 3.8) is 0 Å². The first-order valence-corrected chi connectivity index (χ1v) is 22.4. The Balaban J connectivity index is 1.61. The van der Waals surface area contributed by atoms with E-state index in [1.165, 1.54) is 10.6 Å². The fraction of sp³-hybridized carbons (Fsp3) is 0.526. The molecule has 2 saturated heterocycles. The van der Waals surface area contributed by atoms with Crippen LogP contribution in [0.3, 0.4) is 0 Å². The van der Waals surface area contributed by atoms with E-state index in [2.05, 4.69) is 4.90 Å². The van der Waals surface area contributed by atoms with E-state index in [0.29, 0.717) is 92.5 Å². The van der Waals surface area contributed by atoms with E-state index >= 15 is 0 Å². The van der Waals surface area contributed by atoms with Crippen molar-refractivity contribution in [3.8, 4) is 5.75 Å². The smallest absolute Gasteiger partial charge is 0.326 e. The third-order valence-electron chi connectivity index (χ3n) is 9.92. The molecule has 0 aromatic heterocycles. The summed E-state index contributed by atoms with van der Waals surface area (Å²) in [5, 5.41) is 1.21. The van der Waals surface area contributed by atoms with Crippen molar-refractivity contribution in [1.29, 1.82) is 0 Å². The average molecular weight is 809 g/mol. The number of sulfone groups is 1. The molecule has 0 radical (unpaired) electrons. The van der Waals surface area contributed by atoms with E-state index in [1.54, 1.807) is 40.1 Å². The van der Waals surface area contributed by atoms with Gasteiger partial charge in [0.25, 0.3) is 0 Å². The lowest BCUT2D eigenvalue weighted by molar-refractivity contribution is 0.125. The summed E-state index contributed by atoms with van der Waals surface area (Å²) in [5.74, 6) is 0.745. The number of benzene rings is 2. The third kappa shape index (κ3) is 10.9. The zero-order valence-electron chi connectivity index (χ0n) is 31.0. The van der Waals surface area contributed by atoms with Crippen LogP contribution in [0.5, 0.6) is 5.75 Å².